The zero-order chi connectivity index (χ0) is 18.0. The van der Waals surface area contributed by atoms with Crippen LogP contribution in [0.1, 0.15) is 11.1 Å². The van der Waals surface area contributed by atoms with Crippen LogP contribution in [-0.4, -0.2) is 15.3 Å². The fourth-order valence-electron chi connectivity index (χ4n) is 2.57. The van der Waals surface area contributed by atoms with Crippen LogP contribution in [0.15, 0.2) is 58.8 Å². The second-order valence-corrected chi connectivity index (χ2v) is 6.05. The Bertz CT molecular complexity index is 999. The van der Waals surface area contributed by atoms with Gasteiger partial charge in [0, 0.05) is 22.0 Å². The zero-order valence-electron chi connectivity index (χ0n) is 13.8. The van der Waals surface area contributed by atoms with Crippen LogP contribution in [0.4, 0.5) is 11.4 Å². The number of fused-ring (bicyclic) bond motifs is 1. The molecule has 0 amide bonds. The van der Waals surface area contributed by atoms with E-state index in [1.54, 1.807) is 25.1 Å². The number of para-hydroxylation sites is 1. The molecule has 0 aliphatic carbocycles. The summed E-state index contributed by atoms with van der Waals surface area (Å²) >= 11 is 5.22. The van der Waals surface area contributed by atoms with E-state index in [9.17, 15) is 10.2 Å². The molecule has 0 spiro atoms. The molecule has 3 rings (SSSR count). The molecule has 0 heterocycles. The first-order valence-electron chi connectivity index (χ1n) is 7.70. The number of rotatable bonds is 2. The van der Waals surface area contributed by atoms with Crippen LogP contribution >= 0.6 is 12.2 Å². The number of hydrogen-bond acceptors (Lipinski definition) is 4. The molecule has 5 nitrogen and oxygen atoms in total. The van der Waals surface area contributed by atoms with Gasteiger partial charge in [0.15, 0.2) is 0 Å². The maximum absolute atomic E-state index is 10.3. The van der Waals surface area contributed by atoms with E-state index in [0.717, 1.165) is 11.3 Å². The second-order valence-electron chi connectivity index (χ2n) is 5.66. The van der Waals surface area contributed by atoms with Gasteiger partial charge in [-0.05, 0) is 37.7 Å². The predicted molar refractivity (Wildman–Crippen MR) is 104 cm³/mol. The Morgan fingerprint density at radius 1 is 0.920 bits per heavy atom. The first-order valence-corrected chi connectivity index (χ1v) is 8.11. The van der Waals surface area contributed by atoms with Crippen molar-refractivity contribution < 1.29 is 10.2 Å². The zero-order valence-corrected chi connectivity index (χ0v) is 14.6. The number of anilines is 1. The van der Waals surface area contributed by atoms with E-state index in [1.165, 1.54) is 0 Å². The highest BCUT2D eigenvalue weighted by Gasteiger charge is 2.15. The lowest BCUT2D eigenvalue weighted by molar-refractivity contribution is 0.448. The van der Waals surface area contributed by atoms with E-state index < -0.39 is 0 Å². The predicted octanol–water partition coefficient (Wildman–Crippen LogP) is 5.35. The highest BCUT2D eigenvalue weighted by molar-refractivity contribution is 7.80. The molecule has 0 saturated heterocycles. The maximum Gasteiger partial charge on any atom is 0.218 e. The van der Waals surface area contributed by atoms with Crippen LogP contribution < -0.4 is 5.32 Å². The van der Waals surface area contributed by atoms with Gasteiger partial charge >= 0.3 is 0 Å². The highest BCUT2D eigenvalue weighted by Crippen LogP contribution is 2.44. The summed E-state index contributed by atoms with van der Waals surface area (Å²) in [7, 11) is 0. The van der Waals surface area contributed by atoms with Crippen molar-refractivity contribution >= 4 is 39.5 Å². The van der Waals surface area contributed by atoms with E-state index in [-0.39, 0.29) is 22.3 Å². The highest BCUT2D eigenvalue weighted by atomic mass is 32.1. The number of hydrogen-bond donors (Lipinski definition) is 3. The topological polar surface area (TPSA) is 77.2 Å². The van der Waals surface area contributed by atoms with Crippen LogP contribution in [-0.2, 0) is 0 Å². The lowest BCUT2D eigenvalue weighted by Gasteiger charge is -2.10. The molecular weight excluding hydrogens is 334 g/mol. The van der Waals surface area contributed by atoms with Gasteiger partial charge in [0.25, 0.3) is 0 Å². The molecule has 0 radical (unpaired) electrons. The summed E-state index contributed by atoms with van der Waals surface area (Å²) in [5.74, 6) is -0.0775. The van der Waals surface area contributed by atoms with Crippen molar-refractivity contribution in [3.05, 3.63) is 59.7 Å². The lowest BCUT2D eigenvalue weighted by Crippen LogP contribution is -2.06. The maximum atomic E-state index is 10.3. The van der Waals surface area contributed by atoms with Gasteiger partial charge in [0.05, 0.1) is 0 Å². The molecule has 0 unspecified atom stereocenters. The number of nitrogens with one attached hydrogen (secondary N) is 1. The number of thiocarbonyl (C=S) groups is 1. The number of nitrogens with zero attached hydrogens (tertiary/aromatic N) is 2. The number of azo groups is 1. The first-order chi connectivity index (χ1) is 12.0. The molecule has 3 N–H and O–H groups in total. The van der Waals surface area contributed by atoms with Gasteiger partial charge in [-0.3, -0.25) is 0 Å². The summed E-state index contributed by atoms with van der Waals surface area (Å²) < 4.78 is 0. The molecule has 0 aromatic heterocycles. The number of aryl methyl sites for hydroxylation is 1. The van der Waals surface area contributed by atoms with Crippen molar-refractivity contribution in [2.75, 3.05) is 5.32 Å². The molecule has 0 aliphatic rings. The molecule has 126 valence electrons. The van der Waals surface area contributed by atoms with Crippen molar-refractivity contribution in [1.29, 1.82) is 0 Å². The first kappa shape index (κ1) is 16.9. The monoisotopic (exact) mass is 351 g/mol. The summed E-state index contributed by atoms with van der Waals surface area (Å²) in [5.41, 5.74) is 2.52. The third-order valence-corrected chi connectivity index (χ3v) is 4.18. The number of phenolic OH excluding ortho intramolecular Hbond substituents is 2. The molecule has 0 aliphatic heterocycles. The molecule has 3 aromatic rings. The summed E-state index contributed by atoms with van der Waals surface area (Å²) in [5, 5.41) is 33.1. The Balaban J connectivity index is 1.96. The molecule has 0 fully saturated rings. The smallest absolute Gasteiger partial charge is 0.218 e. The fraction of sp³-hybridized carbons (Fsp3) is 0.105. The third-order valence-electron chi connectivity index (χ3n) is 4.00. The minimum absolute atomic E-state index is 0.0349. The van der Waals surface area contributed by atoms with Crippen molar-refractivity contribution in [3.8, 4) is 11.5 Å². The van der Waals surface area contributed by atoms with Crippen molar-refractivity contribution in [2.24, 2.45) is 10.2 Å². The van der Waals surface area contributed by atoms with E-state index in [0.29, 0.717) is 16.3 Å². The average Bonchev–Trinajstić information content (AvgIpc) is 2.62. The fourth-order valence-corrected chi connectivity index (χ4v) is 2.72. The van der Waals surface area contributed by atoms with Gasteiger partial charge in [-0.15, -0.1) is 10.2 Å². The number of aromatic hydroxyl groups is 2. The molecule has 0 bridgehead atoms. The number of phenols is 2. The Hall–Kier alpha value is -2.99. The molecule has 0 atom stereocenters. The molecule has 25 heavy (non-hydrogen) atoms. The minimum atomic E-state index is -0.112. The van der Waals surface area contributed by atoms with Gasteiger partial charge in [-0.25, -0.2) is 0 Å². The Morgan fingerprint density at radius 3 is 2.28 bits per heavy atom. The average molecular weight is 351 g/mol. The van der Waals surface area contributed by atoms with Crippen LogP contribution in [0, 0.1) is 13.8 Å². The van der Waals surface area contributed by atoms with Crippen molar-refractivity contribution in [2.45, 2.75) is 13.8 Å². The molecule has 6 heteroatoms. The molecular formula is C19H17N3O2S. The van der Waals surface area contributed by atoms with E-state index in [1.807, 2.05) is 37.3 Å². The van der Waals surface area contributed by atoms with Crippen molar-refractivity contribution in [1.82, 2.24) is 0 Å². The van der Waals surface area contributed by atoms with Gasteiger partial charge in [0.2, 0.25) is 5.11 Å². The third kappa shape index (κ3) is 3.29. The normalized spacial score (nSPS) is 11.1. The second kappa shape index (κ2) is 6.86. The number of benzene rings is 3. The van der Waals surface area contributed by atoms with Crippen LogP contribution in [0.25, 0.3) is 10.8 Å². The quantitative estimate of drug-likeness (QED) is 0.430. The van der Waals surface area contributed by atoms with Crippen LogP contribution in [0.2, 0.25) is 0 Å². The van der Waals surface area contributed by atoms with Gasteiger partial charge < -0.3 is 15.5 Å². The summed E-state index contributed by atoms with van der Waals surface area (Å²) in [4.78, 5) is 0. The Morgan fingerprint density at radius 2 is 1.56 bits per heavy atom. The molecule has 0 saturated carbocycles. The van der Waals surface area contributed by atoms with Gasteiger partial charge in [0.1, 0.15) is 17.2 Å². The largest absolute Gasteiger partial charge is 0.507 e. The van der Waals surface area contributed by atoms with Gasteiger partial charge in [-0.1, -0.05) is 42.5 Å². The van der Waals surface area contributed by atoms with E-state index in [4.69, 9.17) is 12.2 Å². The summed E-state index contributed by atoms with van der Waals surface area (Å²) in [6.07, 6.45) is 0. The Kier molecular flexibility index (Phi) is 4.63. The molecule has 3 aromatic carbocycles. The standard InChI is InChI=1S/C19H17N3O2S/c1-11-7-3-6-10-15(11)20-19(25)22-21-16-13-8-4-5-9-14(13)17(23)12(2)18(16)24/h3-10,23-24H,1-2H3,(H,20,25). The van der Waals surface area contributed by atoms with Crippen LogP contribution in [0.3, 0.4) is 0 Å². The van der Waals surface area contributed by atoms with E-state index >= 15 is 0 Å². The summed E-state index contributed by atoms with van der Waals surface area (Å²) in [6.45, 7) is 3.59. The van der Waals surface area contributed by atoms with E-state index in [2.05, 4.69) is 15.5 Å². The van der Waals surface area contributed by atoms with Crippen molar-refractivity contribution in [3.63, 3.8) is 0 Å². The SMILES string of the molecule is Cc1ccccc1NC(=S)N=Nc1c(O)c(C)c(O)c2ccccc12. The summed E-state index contributed by atoms with van der Waals surface area (Å²) in [6, 6.07) is 14.8. The lowest BCUT2D eigenvalue weighted by atomic mass is 10.0. The minimum Gasteiger partial charge on any atom is -0.507 e. The van der Waals surface area contributed by atoms with Gasteiger partial charge in [-0.2, -0.15) is 0 Å². The van der Waals surface area contributed by atoms with Crippen LogP contribution in [0.5, 0.6) is 11.5 Å². The Labute approximate surface area is 150 Å².